The van der Waals surface area contributed by atoms with Crippen molar-refractivity contribution >= 4 is 23.7 Å². The maximum Gasteiger partial charge on any atom is 0.318 e. The predicted molar refractivity (Wildman–Crippen MR) is 147 cm³/mol. The van der Waals surface area contributed by atoms with Crippen molar-refractivity contribution in [3.63, 3.8) is 0 Å². The van der Waals surface area contributed by atoms with E-state index in [1.807, 2.05) is 39.0 Å². The highest BCUT2D eigenvalue weighted by atomic mass is 19.3. The number of pyridine rings is 1. The molecule has 41 heavy (non-hydrogen) atoms. The van der Waals surface area contributed by atoms with Gasteiger partial charge >= 0.3 is 6.03 Å². The molecule has 2 atom stereocenters. The Hall–Kier alpha value is -4.39. The fourth-order valence-corrected chi connectivity index (χ4v) is 4.84. The molecule has 13 heteroatoms. The molecule has 0 unspecified atom stereocenters. The normalized spacial score (nSPS) is 16.0. The number of ether oxygens (including phenoxy) is 1. The number of halogens is 2. The minimum Gasteiger partial charge on any atom is -0.382 e. The first-order chi connectivity index (χ1) is 19.5. The lowest BCUT2D eigenvalue weighted by atomic mass is 10.00. The summed E-state index contributed by atoms with van der Waals surface area (Å²) in [6.45, 7) is 4.50. The summed E-state index contributed by atoms with van der Waals surface area (Å²) >= 11 is 0. The van der Waals surface area contributed by atoms with Gasteiger partial charge in [-0.1, -0.05) is 29.3 Å². The second-order valence-electron chi connectivity index (χ2n) is 9.94. The minimum atomic E-state index is -3.12. The largest absolute Gasteiger partial charge is 0.382 e. The maximum absolute atomic E-state index is 14.1. The molecule has 0 spiro atoms. The van der Waals surface area contributed by atoms with Crippen LogP contribution in [0, 0.1) is 13.8 Å². The molecule has 4 amide bonds. The number of carbonyl (C=O) groups is 3. The first kappa shape index (κ1) is 29.6. The number of methoxy groups -OCH3 is 1. The Bertz CT molecular complexity index is 1410. The van der Waals surface area contributed by atoms with Crippen molar-refractivity contribution in [3.8, 4) is 0 Å². The molecular formula is C28H33F2N7O4. The first-order valence-corrected chi connectivity index (χ1v) is 13.1. The van der Waals surface area contributed by atoms with Gasteiger partial charge < -0.3 is 25.6 Å². The number of nitrogens with zero attached hydrogens (tertiary/aromatic N) is 4. The maximum atomic E-state index is 14.1. The lowest BCUT2D eigenvalue weighted by Crippen LogP contribution is -2.58. The lowest BCUT2D eigenvalue weighted by Gasteiger charge is -2.38. The van der Waals surface area contributed by atoms with Crippen LogP contribution in [0.5, 0.6) is 0 Å². The van der Waals surface area contributed by atoms with E-state index in [-0.39, 0.29) is 12.4 Å². The van der Waals surface area contributed by atoms with Crippen LogP contribution in [0.4, 0.5) is 19.4 Å². The van der Waals surface area contributed by atoms with Gasteiger partial charge in [-0.3, -0.25) is 14.3 Å². The monoisotopic (exact) mass is 569 g/mol. The highest BCUT2D eigenvalue weighted by Gasteiger charge is 2.42. The zero-order valence-corrected chi connectivity index (χ0v) is 23.3. The van der Waals surface area contributed by atoms with Crippen LogP contribution >= 0.6 is 0 Å². The Labute approximate surface area is 236 Å². The smallest absolute Gasteiger partial charge is 0.318 e. The summed E-state index contributed by atoms with van der Waals surface area (Å²) < 4.78 is 35.1. The van der Waals surface area contributed by atoms with Crippen molar-refractivity contribution in [1.82, 2.24) is 30.3 Å². The summed E-state index contributed by atoms with van der Waals surface area (Å²) in [7, 11) is 1.40. The van der Waals surface area contributed by atoms with Gasteiger partial charge in [0.1, 0.15) is 17.6 Å². The molecule has 4 rings (SSSR count). The number of hydrogen-bond donors (Lipinski definition) is 3. The molecule has 1 aromatic carbocycles. The first-order valence-electron chi connectivity index (χ1n) is 13.1. The van der Waals surface area contributed by atoms with E-state index in [1.165, 1.54) is 30.3 Å². The van der Waals surface area contributed by atoms with E-state index in [2.05, 4.69) is 26.0 Å². The number of nitrogens with one attached hydrogen (secondary N) is 3. The van der Waals surface area contributed by atoms with Crippen LogP contribution < -0.4 is 16.0 Å². The summed E-state index contributed by atoms with van der Waals surface area (Å²) in [6, 6.07) is 7.59. The number of aromatic nitrogens is 3. The summed E-state index contributed by atoms with van der Waals surface area (Å²) in [5.74, 6) is -4.06. The molecule has 0 aliphatic carbocycles. The van der Waals surface area contributed by atoms with Crippen molar-refractivity contribution in [1.29, 1.82) is 0 Å². The third kappa shape index (κ3) is 7.04. The van der Waals surface area contributed by atoms with Crippen LogP contribution in [0.1, 0.15) is 51.7 Å². The van der Waals surface area contributed by atoms with Crippen LogP contribution in [-0.4, -0.2) is 70.2 Å². The van der Waals surface area contributed by atoms with Gasteiger partial charge in [-0.15, -0.1) is 0 Å². The lowest BCUT2D eigenvalue weighted by molar-refractivity contribution is -0.118. The number of hydrogen-bond acceptors (Lipinski definition) is 6. The molecule has 1 aliphatic heterocycles. The molecule has 1 aliphatic rings. The van der Waals surface area contributed by atoms with E-state index in [0.29, 0.717) is 23.4 Å². The van der Waals surface area contributed by atoms with Gasteiger partial charge in [-0.2, -0.15) is 5.10 Å². The summed E-state index contributed by atoms with van der Waals surface area (Å²) in [6.07, 6.45) is 2.91. The van der Waals surface area contributed by atoms with Crippen LogP contribution in [0.2, 0.25) is 0 Å². The number of carbonyl (C=O) groups excluding carboxylic acids is 3. The van der Waals surface area contributed by atoms with Gasteiger partial charge in [-0.25, -0.2) is 18.6 Å². The second kappa shape index (κ2) is 12.4. The quantitative estimate of drug-likeness (QED) is 0.343. The summed E-state index contributed by atoms with van der Waals surface area (Å²) in [4.78, 5) is 44.5. The second-order valence-corrected chi connectivity index (χ2v) is 9.94. The topological polar surface area (TPSA) is 130 Å². The average molecular weight is 570 g/mol. The van der Waals surface area contributed by atoms with E-state index < -0.39 is 48.9 Å². The van der Waals surface area contributed by atoms with Crippen LogP contribution in [0.15, 0.2) is 48.8 Å². The fourth-order valence-electron chi connectivity index (χ4n) is 4.84. The van der Waals surface area contributed by atoms with Crippen molar-refractivity contribution in [3.05, 3.63) is 76.7 Å². The third-order valence-corrected chi connectivity index (χ3v) is 6.65. The van der Waals surface area contributed by atoms with Crippen molar-refractivity contribution in [2.24, 2.45) is 0 Å². The van der Waals surface area contributed by atoms with Crippen molar-refractivity contribution in [2.75, 3.05) is 32.1 Å². The molecule has 2 aromatic heterocycles. The number of rotatable bonds is 10. The van der Waals surface area contributed by atoms with E-state index >= 15 is 0 Å². The number of amides is 4. The Morgan fingerprint density at radius 2 is 1.85 bits per heavy atom. The molecule has 3 N–H and O–H groups in total. The highest BCUT2D eigenvalue weighted by Crippen LogP contribution is 2.29. The molecule has 218 valence electrons. The number of anilines is 1. The number of aryl methyl sites for hydroxylation is 3. The van der Waals surface area contributed by atoms with Crippen LogP contribution in [0.3, 0.4) is 0 Å². The molecule has 0 bridgehead atoms. The van der Waals surface area contributed by atoms with Gasteiger partial charge in [0.15, 0.2) is 0 Å². The van der Waals surface area contributed by atoms with E-state index in [0.717, 1.165) is 16.0 Å². The number of benzene rings is 1. The zero-order chi connectivity index (χ0) is 29.7. The standard InChI is InChI=1S/C28H33F2N7O4/c1-5-37-21(7-9-33-37)25(38)35-24(20-11-17(2)10-18(3)12-20)26(39)34-23-13-19(6-8-31-23)22(14-41-4)36-16-28(29,30)15-32-27(36)40/h6-13,22,24H,5,14-16H2,1-4H3,(H,32,40)(H,35,38)(H,31,34,39)/t22-,24+/m1/s1. The Balaban J connectivity index is 1.62. The Morgan fingerprint density at radius 3 is 2.54 bits per heavy atom. The molecule has 11 nitrogen and oxygen atoms in total. The summed E-state index contributed by atoms with van der Waals surface area (Å²) in [5.41, 5.74) is 3.11. The van der Waals surface area contributed by atoms with E-state index in [4.69, 9.17) is 4.74 Å². The molecule has 0 radical (unpaired) electrons. The van der Waals surface area contributed by atoms with Crippen LogP contribution in [-0.2, 0) is 16.1 Å². The molecule has 1 fully saturated rings. The van der Waals surface area contributed by atoms with Crippen molar-refractivity contribution in [2.45, 2.75) is 45.3 Å². The molecular weight excluding hydrogens is 536 g/mol. The van der Waals surface area contributed by atoms with Crippen molar-refractivity contribution < 1.29 is 27.9 Å². The Morgan fingerprint density at radius 1 is 1.12 bits per heavy atom. The SMILES string of the molecule is CCn1nccc1C(=O)N[C@H](C(=O)Nc1cc([C@@H](COC)N2CC(F)(F)CNC2=O)ccn1)c1cc(C)cc(C)c1. The van der Waals surface area contributed by atoms with E-state index in [1.54, 1.807) is 12.1 Å². The third-order valence-electron chi connectivity index (χ3n) is 6.65. The van der Waals surface area contributed by atoms with Crippen LogP contribution in [0.25, 0.3) is 0 Å². The predicted octanol–water partition coefficient (Wildman–Crippen LogP) is 3.37. The van der Waals surface area contributed by atoms with Gasteiger partial charge in [0.05, 0.1) is 25.7 Å². The van der Waals surface area contributed by atoms with Gasteiger partial charge in [0, 0.05) is 26.0 Å². The van der Waals surface area contributed by atoms with Gasteiger partial charge in [0.2, 0.25) is 0 Å². The molecule has 3 heterocycles. The summed E-state index contributed by atoms with van der Waals surface area (Å²) in [5, 5.41) is 11.9. The molecule has 0 saturated carbocycles. The number of alkyl halides is 2. The number of urea groups is 1. The average Bonchev–Trinajstić information content (AvgIpc) is 3.40. The van der Waals surface area contributed by atoms with E-state index in [9.17, 15) is 23.2 Å². The Kier molecular flexibility index (Phi) is 8.96. The fraction of sp³-hybridized carbons (Fsp3) is 0.393. The zero-order valence-electron chi connectivity index (χ0n) is 23.3. The van der Waals surface area contributed by atoms with Gasteiger partial charge in [0.25, 0.3) is 17.7 Å². The molecule has 1 saturated heterocycles. The minimum absolute atomic E-state index is 0.0622. The molecule has 3 aromatic rings. The van der Waals surface area contributed by atoms with Gasteiger partial charge in [-0.05, 0) is 50.1 Å². The highest BCUT2D eigenvalue weighted by molar-refractivity contribution is 6.00.